The zero-order valence-electron chi connectivity index (χ0n) is 30.3. The summed E-state index contributed by atoms with van der Waals surface area (Å²) in [4.78, 5) is 52.5. The Morgan fingerprint density at radius 1 is 0.808 bits per heavy atom. The molecule has 0 spiro atoms. The molecule has 13 heteroatoms. The minimum absolute atomic E-state index is 0.190. The Labute approximate surface area is 309 Å². The average molecular weight is 727 g/mol. The number of hydrogen-bond acceptors (Lipinski definition) is 7. The third-order valence-electron chi connectivity index (χ3n) is 11.4. The highest BCUT2D eigenvalue weighted by Crippen LogP contribution is 2.38. The monoisotopic (exact) mass is 726 g/mol. The van der Waals surface area contributed by atoms with Gasteiger partial charge in [-0.1, -0.05) is 35.9 Å². The van der Waals surface area contributed by atoms with Crippen molar-refractivity contribution in [1.29, 1.82) is 0 Å². The van der Waals surface area contributed by atoms with Crippen LogP contribution < -0.4 is 10.6 Å². The maximum absolute atomic E-state index is 13.7. The third-order valence-corrected chi connectivity index (χ3v) is 11.8. The van der Waals surface area contributed by atoms with Gasteiger partial charge in [-0.15, -0.1) is 0 Å². The Morgan fingerprint density at radius 3 is 2.04 bits per heavy atom. The highest BCUT2D eigenvalue weighted by atomic mass is 35.5. The van der Waals surface area contributed by atoms with Gasteiger partial charge < -0.3 is 29.8 Å². The summed E-state index contributed by atoms with van der Waals surface area (Å²) in [5.41, 5.74) is 7.56. The van der Waals surface area contributed by atoms with E-state index < -0.39 is 5.97 Å². The number of nitrogens with one attached hydrogen (secondary N) is 2. The number of carbonyl (C=O) groups is 3. The lowest BCUT2D eigenvalue weighted by Crippen LogP contribution is -2.33. The molecule has 1 aliphatic carbocycles. The predicted molar refractivity (Wildman–Crippen MR) is 201 cm³/mol. The third kappa shape index (κ3) is 7.11. The second-order valence-electron chi connectivity index (χ2n) is 14.7. The second-order valence-corrected chi connectivity index (χ2v) is 15.1. The van der Waals surface area contributed by atoms with Crippen LogP contribution in [-0.4, -0.2) is 78.5 Å². The Bertz CT molecular complexity index is 2030. The summed E-state index contributed by atoms with van der Waals surface area (Å²) in [5, 5.41) is 15.8. The van der Waals surface area contributed by atoms with Crippen molar-refractivity contribution in [3.8, 4) is 11.1 Å². The number of nitrogens with zero attached hydrogens (tertiary/aromatic N) is 6. The molecule has 2 aromatic carbocycles. The highest BCUT2D eigenvalue weighted by molar-refractivity contribution is 6.36. The lowest BCUT2D eigenvalue weighted by Gasteiger charge is -2.30. The van der Waals surface area contributed by atoms with Gasteiger partial charge in [-0.2, -0.15) is 0 Å². The number of aliphatic carboxylic acids is 1. The number of likely N-dealkylation sites (N-methyl/N-ethyl adjacent to an activating group) is 1. The van der Waals surface area contributed by atoms with Crippen LogP contribution in [-0.2, 0) is 44.8 Å². The molecule has 3 N–H and O–H groups in total. The topological polar surface area (TPSA) is 138 Å². The predicted octanol–water partition coefficient (Wildman–Crippen LogP) is 5.91. The normalized spacial score (nSPS) is 19.2. The van der Waals surface area contributed by atoms with E-state index in [9.17, 15) is 19.5 Å². The summed E-state index contributed by atoms with van der Waals surface area (Å²) in [5.74, 6) is -0.177. The minimum Gasteiger partial charge on any atom is -0.481 e. The van der Waals surface area contributed by atoms with Crippen molar-refractivity contribution in [3.63, 3.8) is 0 Å². The van der Waals surface area contributed by atoms with Gasteiger partial charge in [0.25, 0.3) is 11.8 Å². The number of aromatic nitrogens is 4. The maximum atomic E-state index is 13.7. The first-order valence-electron chi connectivity index (χ1n) is 18.2. The van der Waals surface area contributed by atoms with Gasteiger partial charge in [0.05, 0.1) is 28.0 Å². The summed E-state index contributed by atoms with van der Waals surface area (Å²) in [6.45, 7) is 6.11. The van der Waals surface area contributed by atoms with Gasteiger partial charge in [0.1, 0.15) is 0 Å². The van der Waals surface area contributed by atoms with Crippen molar-refractivity contribution in [2.75, 3.05) is 37.3 Å². The number of fused-ring (bicyclic) bond motifs is 2. The SMILES string of the molecule is Cc1c(NC(=O)c2nc3c(n2C)CCN(C)C3)cccc1-c1cccc(NC(=O)c2nc3c(n2C)CCN(CC[C@H]2CC[C@H](C(=O)O)CC2)C3)c1Cl. The molecule has 0 unspecified atom stereocenters. The fourth-order valence-corrected chi connectivity index (χ4v) is 8.43. The Hall–Kier alpha value is -4.52. The zero-order valence-corrected chi connectivity index (χ0v) is 31.1. The van der Waals surface area contributed by atoms with Crippen LogP contribution in [0.2, 0.25) is 5.02 Å². The Balaban J connectivity index is 1.02. The number of amides is 2. The molecule has 0 radical (unpaired) electrons. The van der Waals surface area contributed by atoms with Gasteiger partial charge in [-0.05, 0) is 81.8 Å². The summed E-state index contributed by atoms with van der Waals surface area (Å²) < 4.78 is 3.78. The van der Waals surface area contributed by atoms with Gasteiger partial charge in [0, 0.05) is 75.8 Å². The lowest BCUT2D eigenvalue weighted by atomic mass is 9.80. The molecule has 0 atom stereocenters. The number of benzene rings is 2. The van der Waals surface area contributed by atoms with Crippen molar-refractivity contribution in [2.45, 2.75) is 65.0 Å². The average Bonchev–Trinajstić information content (AvgIpc) is 3.64. The Morgan fingerprint density at radius 2 is 1.38 bits per heavy atom. The van der Waals surface area contributed by atoms with Crippen molar-refractivity contribution in [3.05, 3.63) is 81.4 Å². The van der Waals surface area contributed by atoms with E-state index in [0.717, 1.165) is 111 Å². The molecule has 2 aliphatic heterocycles. The van der Waals surface area contributed by atoms with E-state index in [1.165, 1.54) is 0 Å². The Kier molecular flexibility index (Phi) is 10.2. The van der Waals surface area contributed by atoms with Gasteiger partial charge in [-0.25, -0.2) is 9.97 Å². The van der Waals surface area contributed by atoms with Crippen LogP contribution in [0.25, 0.3) is 11.1 Å². The number of anilines is 2. The molecule has 274 valence electrons. The van der Waals surface area contributed by atoms with Gasteiger partial charge in [-0.3, -0.25) is 19.3 Å². The minimum atomic E-state index is -0.664. The summed E-state index contributed by atoms with van der Waals surface area (Å²) in [6.07, 6.45) is 6.19. The van der Waals surface area contributed by atoms with Crippen molar-refractivity contribution < 1.29 is 19.5 Å². The van der Waals surface area contributed by atoms with Gasteiger partial charge >= 0.3 is 5.97 Å². The van der Waals surface area contributed by atoms with Crippen LogP contribution in [0, 0.1) is 18.8 Å². The molecule has 1 fully saturated rings. The molecule has 2 aromatic heterocycles. The van der Waals surface area contributed by atoms with E-state index >= 15 is 0 Å². The van der Waals surface area contributed by atoms with Crippen molar-refractivity contribution in [1.82, 2.24) is 28.9 Å². The number of carbonyl (C=O) groups excluding carboxylic acids is 2. The first-order valence-corrected chi connectivity index (χ1v) is 18.6. The summed E-state index contributed by atoms with van der Waals surface area (Å²) >= 11 is 6.99. The summed E-state index contributed by atoms with van der Waals surface area (Å²) in [6, 6.07) is 11.2. The molecule has 1 saturated carbocycles. The van der Waals surface area contributed by atoms with Crippen LogP contribution in [0.5, 0.6) is 0 Å². The van der Waals surface area contributed by atoms with Crippen LogP contribution >= 0.6 is 11.6 Å². The fourth-order valence-electron chi connectivity index (χ4n) is 8.16. The number of imidazole rings is 2. The van der Waals surface area contributed by atoms with E-state index in [2.05, 4.69) is 32.5 Å². The molecule has 2 amide bonds. The molecule has 0 saturated heterocycles. The number of rotatable bonds is 9. The van der Waals surface area contributed by atoms with Gasteiger partial charge in [0.15, 0.2) is 11.6 Å². The van der Waals surface area contributed by atoms with Gasteiger partial charge in [0.2, 0.25) is 0 Å². The number of hydrogen-bond donors (Lipinski definition) is 3. The molecular weight excluding hydrogens is 680 g/mol. The number of carboxylic acids is 1. The van der Waals surface area contributed by atoms with E-state index in [0.29, 0.717) is 40.5 Å². The first-order chi connectivity index (χ1) is 25.0. The molecule has 3 aliphatic rings. The van der Waals surface area contributed by atoms with Crippen LogP contribution in [0.1, 0.15) is 81.7 Å². The zero-order chi connectivity index (χ0) is 36.7. The summed E-state index contributed by atoms with van der Waals surface area (Å²) in [7, 11) is 5.83. The van der Waals surface area contributed by atoms with E-state index in [-0.39, 0.29) is 17.7 Å². The smallest absolute Gasteiger partial charge is 0.306 e. The molecular formula is C39H47ClN8O4. The van der Waals surface area contributed by atoms with E-state index in [1.807, 2.05) is 60.5 Å². The molecule has 0 bridgehead atoms. The number of carboxylic acid groups (broad SMARTS) is 1. The lowest BCUT2D eigenvalue weighted by molar-refractivity contribution is -0.143. The first kappa shape index (κ1) is 35.9. The van der Waals surface area contributed by atoms with Crippen molar-refractivity contribution in [2.24, 2.45) is 25.9 Å². The molecule has 7 rings (SSSR count). The molecule has 4 heterocycles. The van der Waals surface area contributed by atoms with E-state index in [4.69, 9.17) is 16.6 Å². The molecule has 4 aromatic rings. The quantitative estimate of drug-likeness (QED) is 0.194. The van der Waals surface area contributed by atoms with Crippen LogP contribution in [0.3, 0.4) is 0 Å². The van der Waals surface area contributed by atoms with Crippen LogP contribution in [0.15, 0.2) is 36.4 Å². The van der Waals surface area contributed by atoms with Crippen LogP contribution in [0.4, 0.5) is 11.4 Å². The fraction of sp³-hybridized carbons (Fsp3) is 0.462. The molecule has 52 heavy (non-hydrogen) atoms. The highest BCUT2D eigenvalue weighted by Gasteiger charge is 2.29. The van der Waals surface area contributed by atoms with Crippen molar-refractivity contribution >= 4 is 40.8 Å². The maximum Gasteiger partial charge on any atom is 0.306 e. The standard InChI is InChI=1S/C39H47ClN8O4/c1-23-26(7-5-9-28(23)43-37(49)35-41-30-21-45(2)18-16-32(30)46(35)3)27-8-6-10-29(34(27)40)44-38(50)36-42-31-22-48(20-17-33(31)47(36)4)19-15-24-11-13-25(14-12-24)39(51)52/h5-10,24-25H,11-22H2,1-4H3,(H,43,49)(H,44,50)(H,51,52)/t24-,25-. The second kappa shape index (κ2) is 14.8. The van der Waals surface area contributed by atoms with E-state index in [1.54, 1.807) is 6.07 Å². The number of halogens is 1. The molecule has 12 nitrogen and oxygen atoms in total. The largest absolute Gasteiger partial charge is 0.481 e.